The van der Waals surface area contributed by atoms with E-state index in [0.29, 0.717) is 17.1 Å². The summed E-state index contributed by atoms with van der Waals surface area (Å²) in [6, 6.07) is 9.33. The molecule has 3 heterocycles. The van der Waals surface area contributed by atoms with Gasteiger partial charge in [-0.05, 0) is 24.6 Å². The first-order chi connectivity index (χ1) is 13.1. The summed E-state index contributed by atoms with van der Waals surface area (Å²) in [5.74, 6) is 1.48. The Balaban J connectivity index is 1.52. The lowest BCUT2D eigenvalue weighted by Gasteiger charge is -2.07. The van der Waals surface area contributed by atoms with Gasteiger partial charge in [0, 0.05) is 41.4 Å². The molecular weight excluding hydrogens is 402 g/mol. The van der Waals surface area contributed by atoms with Gasteiger partial charge in [-0.2, -0.15) is 0 Å². The van der Waals surface area contributed by atoms with Gasteiger partial charge < -0.3 is 4.57 Å². The molecule has 0 amide bonds. The van der Waals surface area contributed by atoms with Crippen molar-refractivity contribution in [1.82, 2.24) is 24.1 Å². The number of rotatable bonds is 6. The summed E-state index contributed by atoms with van der Waals surface area (Å²) in [4.78, 5) is 17.4. The third kappa shape index (κ3) is 3.92. The van der Waals surface area contributed by atoms with E-state index in [-0.39, 0.29) is 5.56 Å². The van der Waals surface area contributed by atoms with Crippen molar-refractivity contribution in [2.45, 2.75) is 30.8 Å². The molecule has 0 spiro atoms. The van der Waals surface area contributed by atoms with Crippen LogP contribution in [0, 0.1) is 0 Å². The molecule has 0 radical (unpaired) electrons. The fourth-order valence-corrected chi connectivity index (χ4v) is 4.54. The number of nitrogens with zero attached hydrogens (tertiary/aromatic N) is 5. The van der Waals surface area contributed by atoms with E-state index in [1.165, 1.54) is 11.3 Å². The van der Waals surface area contributed by atoms with Gasteiger partial charge in [0.25, 0.3) is 5.56 Å². The molecule has 9 heteroatoms. The molecule has 0 atom stereocenters. The summed E-state index contributed by atoms with van der Waals surface area (Å²) in [6.07, 6.45) is 2.43. The quantitative estimate of drug-likeness (QED) is 0.445. The molecule has 1 aromatic carbocycles. The molecule has 6 nitrogen and oxygen atoms in total. The molecule has 0 bridgehead atoms. The molecule has 0 saturated carbocycles. The predicted molar refractivity (Wildman–Crippen MR) is 109 cm³/mol. The molecule has 0 aliphatic heterocycles. The first-order valence-electron chi connectivity index (χ1n) is 8.39. The van der Waals surface area contributed by atoms with Crippen LogP contribution in [0.15, 0.2) is 51.9 Å². The number of fused-ring (bicyclic) bond motifs is 1. The second kappa shape index (κ2) is 7.84. The van der Waals surface area contributed by atoms with Gasteiger partial charge in [0.15, 0.2) is 10.1 Å². The standard InChI is InChI=1S/C18H16ClN5OS2/c1-2-23-15(9-12-3-5-13(19)6-4-12)21-22-18(23)27-11-14-10-16(25)24-7-8-26-17(24)20-14/h3-8,10H,2,9,11H2,1H3. The maximum Gasteiger partial charge on any atom is 0.258 e. The Labute approximate surface area is 168 Å². The second-order valence-electron chi connectivity index (χ2n) is 5.88. The Kier molecular flexibility index (Phi) is 5.29. The minimum atomic E-state index is -0.0581. The molecule has 3 aromatic heterocycles. The predicted octanol–water partition coefficient (Wildman–Crippen LogP) is 3.90. The van der Waals surface area contributed by atoms with Crippen LogP contribution in [0.1, 0.15) is 24.0 Å². The first kappa shape index (κ1) is 18.2. The van der Waals surface area contributed by atoms with Crippen molar-refractivity contribution in [3.8, 4) is 0 Å². The highest BCUT2D eigenvalue weighted by Gasteiger charge is 2.13. The van der Waals surface area contributed by atoms with Crippen LogP contribution in [0.2, 0.25) is 5.02 Å². The molecule has 0 fully saturated rings. The summed E-state index contributed by atoms with van der Waals surface area (Å²) in [6.45, 7) is 2.85. The van der Waals surface area contributed by atoms with E-state index in [9.17, 15) is 4.79 Å². The van der Waals surface area contributed by atoms with Crippen LogP contribution in [0.4, 0.5) is 0 Å². The maximum absolute atomic E-state index is 12.1. The van der Waals surface area contributed by atoms with E-state index < -0.39 is 0 Å². The van der Waals surface area contributed by atoms with Crippen molar-refractivity contribution in [2.75, 3.05) is 0 Å². The third-order valence-corrected chi connectivity index (χ3v) is 6.10. The average molecular weight is 418 g/mol. The van der Waals surface area contributed by atoms with Crippen LogP contribution in [0.25, 0.3) is 4.96 Å². The molecule has 27 heavy (non-hydrogen) atoms. The monoisotopic (exact) mass is 417 g/mol. The smallest absolute Gasteiger partial charge is 0.258 e. The van der Waals surface area contributed by atoms with Crippen molar-refractivity contribution >= 4 is 39.7 Å². The molecule has 0 aliphatic carbocycles. The largest absolute Gasteiger partial charge is 0.306 e. The zero-order valence-corrected chi connectivity index (χ0v) is 16.9. The SMILES string of the molecule is CCn1c(Cc2ccc(Cl)cc2)nnc1SCc1cc(=O)n2ccsc2n1. The van der Waals surface area contributed by atoms with Gasteiger partial charge in [-0.3, -0.25) is 9.20 Å². The molecule has 0 saturated heterocycles. The van der Waals surface area contributed by atoms with Gasteiger partial charge in [-0.15, -0.1) is 21.5 Å². The molecule has 0 N–H and O–H groups in total. The van der Waals surface area contributed by atoms with Gasteiger partial charge in [0.2, 0.25) is 0 Å². The van der Waals surface area contributed by atoms with Crippen molar-refractivity contribution < 1.29 is 0 Å². The molecule has 0 aliphatic rings. The van der Waals surface area contributed by atoms with Crippen LogP contribution in [-0.4, -0.2) is 24.1 Å². The number of thioether (sulfide) groups is 1. The number of hydrogen-bond donors (Lipinski definition) is 0. The Hall–Kier alpha value is -2.16. The van der Waals surface area contributed by atoms with Crippen LogP contribution >= 0.6 is 34.7 Å². The zero-order chi connectivity index (χ0) is 18.8. The van der Waals surface area contributed by atoms with E-state index in [4.69, 9.17) is 11.6 Å². The Bertz CT molecular complexity index is 1130. The van der Waals surface area contributed by atoms with Gasteiger partial charge in [-0.25, -0.2) is 4.98 Å². The highest BCUT2D eigenvalue weighted by atomic mass is 35.5. The van der Waals surface area contributed by atoms with Crippen LogP contribution in [0.5, 0.6) is 0 Å². The van der Waals surface area contributed by atoms with E-state index in [1.54, 1.807) is 28.4 Å². The van der Waals surface area contributed by atoms with Crippen LogP contribution < -0.4 is 5.56 Å². The zero-order valence-electron chi connectivity index (χ0n) is 14.5. The fraction of sp³-hybridized carbons (Fsp3) is 0.222. The Morgan fingerprint density at radius 3 is 2.81 bits per heavy atom. The lowest BCUT2D eigenvalue weighted by molar-refractivity contribution is 0.651. The van der Waals surface area contributed by atoms with E-state index in [1.807, 2.05) is 29.6 Å². The van der Waals surface area contributed by atoms with Crippen LogP contribution in [-0.2, 0) is 18.7 Å². The Morgan fingerprint density at radius 1 is 1.22 bits per heavy atom. The lowest BCUT2D eigenvalue weighted by Crippen LogP contribution is -2.12. The highest BCUT2D eigenvalue weighted by molar-refractivity contribution is 7.98. The highest BCUT2D eigenvalue weighted by Crippen LogP contribution is 2.23. The lowest BCUT2D eigenvalue weighted by atomic mass is 10.1. The second-order valence-corrected chi connectivity index (χ2v) is 8.13. The van der Waals surface area contributed by atoms with Gasteiger partial charge >= 0.3 is 0 Å². The van der Waals surface area contributed by atoms with Crippen molar-refractivity contribution in [3.63, 3.8) is 0 Å². The summed E-state index contributed by atoms with van der Waals surface area (Å²) >= 11 is 8.94. The maximum atomic E-state index is 12.1. The number of hydrogen-bond acceptors (Lipinski definition) is 6. The molecule has 4 rings (SSSR count). The van der Waals surface area contributed by atoms with Crippen molar-refractivity contribution in [3.05, 3.63) is 74.4 Å². The van der Waals surface area contributed by atoms with Crippen molar-refractivity contribution in [1.29, 1.82) is 0 Å². The summed E-state index contributed by atoms with van der Waals surface area (Å²) < 4.78 is 3.65. The topological polar surface area (TPSA) is 65.1 Å². The van der Waals surface area contributed by atoms with Gasteiger partial charge in [-0.1, -0.05) is 35.5 Å². The van der Waals surface area contributed by atoms with E-state index in [0.717, 1.165) is 33.8 Å². The third-order valence-electron chi connectivity index (χ3n) is 4.09. The van der Waals surface area contributed by atoms with Crippen LogP contribution in [0.3, 0.4) is 0 Å². The fourth-order valence-electron chi connectivity index (χ4n) is 2.76. The number of thiazole rings is 1. The van der Waals surface area contributed by atoms with E-state index in [2.05, 4.69) is 26.7 Å². The number of halogens is 1. The normalized spacial score (nSPS) is 11.3. The minimum Gasteiger partial charge on any atom is -0.306 e. The minimum absolute atomic E-state index is 0.0581. The molecular formula is C18H16ClN5OS2. The summed E-state index contributed by atoms with van der Waals surface area (Å²) in [7, 11) is 0. The summed E-state index contributed by atoms with van der Waals surface area (Å²) in [5, 5.41) is 12.1. The van der Waals surface area contributed by atoms with Gasteiger partial charge in [0.05, 0.1) is 5.69 Å². The average Bonchev–Trinajstić information content (AvgIpc) is 3.28. The van der Waals surface area contributed by atoms with Gasteiger partial charge in [0.1, 0.15) is 5.82 Å². The summed E-state index contributed by atoms with van der Waals surface area (Å²) in [5.41, 5.74) is 1.82. The van der Waals surface area contributed by atoms with Crippen molar-refractivity contribution in [2.24, 2.45) is 0 Å². The Morgan fingerprint density at radius 2 is 2.04 bits per heavy atom. The first-order valence-corrected chi connectivity index (χ1v) is 10.6. The molecule has 4 aromatic rings. The molecule has 138 valence electrons. The van der Waals surface area contributed by atoms with E-state index >= 15 is 0 Å². The molecule has 0 unspecified atom stereocenters. The number of aromatic nitrogens is 5. The number of benzene rings is 1.